The second kappa shape index (κ2) is 6.03. The van der Waals surface area contributed by atoms with Crippen LogP contribution in [0.25, 0.3) is 0 Å². The molecule has 0 atom stereocenters. The van der Waals surface area contributed by atoms with Crippen LogP contribution in [0.2, 0.25) is 5.02 Å². The van der Waals surface area contributed by atoms with Gasteiger partial charge < -0.3 is 5.32 Å². The molecule has 0 bridgehead atoms. The Hall–Kier alpha value is -0.910. The molecule has 0 spiro atoms. The number of hydrogen-bond acceptors (Lipinski definition) is 2. The molecule has 19 heavy (non-hydrogen) atoms. The number of nitrogens with zero attached hydrogens (tertiary/aromatic N) is 1. The number of nitrogens with one attached hydrogen (secondary N) is 1. The van der Waals surface area contributed by atoms with Crippen molar-refractivity contribution >= 4 is 55.1 Å². The zero-order valence-electron chi connectivity index (χ0n) is 9.88. The van der Waals surface area contributed by atoms with E-state index >= 15 is 0 Å². The topological polar surface area (TPSA) is 42.0 Å². The van der Waals surface area contributed by atoms with Gasteiger partial charge in [0.05, 0.1) is 22.5 Å². The highest BCUT2D eigenvalue weighted by Crippen LogP contribution is 2.23. The normalized spacial score (nSPS) is 10.3. The Kier molecular flexibility index (Phi) is 4.60. The third-order valence-corrected chi connectivity index (χ3v) is 4.08. The summed E-state index contributed by atoms with van der Waals surface area (Å²) in [7, 11) is 0. The highest BCUT2D eigenvalue weighted by molar-refractivity contribution is 9.10. The zero-order chi connectivity index (χ0) is 14.0. The molecular weight excluding hydrogens is 395 g/mol. The molecule has 0 aliphatic rings. The summed E-state index contributed by atoms with van der Waals surface area (Å²) in [5, 5.41) is 3.16. The third kappa shape index (κ3) is 3.55. The summed E-state index contributed by atoms with van der Waals surface area (Å²) in [5.41, 5.74) is 2.00. The summed E-state index contributed by atoms with van der Waals surface area (Å²) in [4.78, 5) is 16.2. The van der Waals surface area contributed by atoms with Crippen LogP contribution < -0.4 is 5.32 Å². The van der Waals surface area contributed by atoms with E-state index in [4.69, 9.17) is 11.6 Å². The number of carbonyl (C=O) groups is 1. The van der Waals surface area contributed by atoms with Crippen LogP contribution in [0.3, 0.4) is 0 Å². The molecular formula is C13H9Br2ClN2O. The summed E-state index contributed by atoms with van der Waals surface area (Å²) in [6.07, 6.45) is 1.59. The van der Waals surface area contributed by atoms with E-state index in [0.717, 1.165) is 14.6 Å². The van der Waals surface area contributed by atoms with Crippen molar-refractivity contribution < 1.29 is 4.79 Å². The van der Waals surface area contributed by atoms with E-state index in [-0.39, 0.29) is 5.91 Å². The van der Waals surface area contributed by atoms with Gasteiger partial charge in [-0.25, -0.2) is 4.98 Å². The summed E-state index contributed by atoms with van der Waals surface area (Å²) in [6, 6.07) is 6.95. The average Bonchev–Trinajstić information content (AvgIpc) is 2.33. The van der Waals surface area contributed by atoms with Gasteiger partial charge in [0.25, 0.3) is 5.91 Å². The largest absolute Gasteiger partial charge is 0.321 e. The minimum atomic E-state index is -0.263. The van der Waals surface area contributed by atoms with Gasteiger partial charge in [0.2, 0.25) is 0 Å². The predicted molar refractivity (Wildman–Crippen MR) is 83.8 cm³/mol. The molecule has 0 aliphatic carbocycles. The number of rotatable bonds is 2. The van der Waals surface area contributed by atoms with Crippen molar-refractivity contribution in [3.8, 4) is 0 Å². The lowest BCUT2D eigenvalue weighted by Gasteiger charge is -2.08. The Morgan fingerprint density at radius 3 is 2.68 bits per heavy atom. The lowest BCUT2D eigenvalue weighted by Crippen LogP contribution is -2.12. The first-order valence-corrected chi connectivity index (χ1v) is 7.32. The van der Waals surface area contributed by atoms with Gasteiger partial charge in [0, 0.05) is 4.47 Å². The van der Waals surface area contributed by atoms with E-state index in [0.29, 0.717) is 16.3 Å². The van der Waals surface area contributed by atoms with Crippen molar-refractivity contribution in [2.45, 2.75) is 6.92 Å². The van der Waals surface area contributed by atoms with Crippen molar-refractivity contribution in [2.75, 3.05) is 5.32 Å². The fourth-order valence-electron chi connectivity index (χ4n) is 1.50. The van der Waals surface area contributed by atoms with Crippen molar-refractivity contribution in [3.63, 3.8) is 0 Å². The van der Waals surface area contributed by atoms with Crippen molar-refractivity contribution in [1.29, 1.82) is 0 Å². The molecule has 2 rings (SSSR count). The standard InChI is InChI=1S/C13H9Br2ClN2O/c1-7-4-9(6-17-12(7)15)18-13(19)10-3-2-8(14)5-11(10)16/h2-6H,1H3,(H,18,19). The second-order valence-electron chi connectivity index (χ2n) is 3.91. The molecule has 0 unspecified atom stereocenters. The molecule has 1 aromatic heterocycles. The monoisotopic (exact) mass is 402 g/mol. The molecule has 1 N–H and O–H groups in total. The van der Waals surface area contributed by atoms with Crippen LogP contribution in [0.1, 0.15) is 15.9 Å². The van der Waals surface area contributed by atoms with Gasteiger partial charge in [0.1, 0.15) is 4.60 Å². The first kappa shape index (κ1) is 14.5. The van der Waals surface area contributed by atoms with Gasteiger partial charge in [-0.15, -0.1) is 0 Å². The lowest BCUT2D eigenvalue weighted by molar-refractivity contribution is 0.102. The Morgan fingerprint density at radius 2 is 2.05 bits per heavy atom. The number of amides is 1. The van der Waals surface area contributed by atoms with E-state index in [1.165, 1.54) is 0 Å². The molecule has 1 heterocycles. The van der Waals surface area contributed by atoms with Crippen LogP contribution in [0.4, 0.5) is 5.69 Å². The zero-order valence-corrected chi connectivity index (χ0v) is 13.8. The fraction of sp³-hybridized carbons (Fsp3) is 0.0769. The maximum absolute atomic E-state index is 12.1. The maximum Gasteiger partial charge on any atom is 0.257 e. The second-order valence-corrected chi connectivity index (χ2v) is 5.98. The molecule has 98 valence electrons. The smallest absolute Gasteiger partial charge is 0.257 e. The van der Waals surface area contributed by atoms with Crippen LogP contribution in [0.15, 0.2) is 39.5 Å². The van der Waals surface area contributed by atoms with Crippen LogP contribution in [0.5, 0.6) is 0 Å². The number of benzene rings is 1. The number of anilines is 1. The van der Waals surface area contributed by atoms with E-state index < -0.39 is 0 Å². The van der Waals surface area contributed by atoms with Gasteiger partial charge in [0.15, 0.2) is 0 Å². The van der Waals surface area contributed by atoms with Crippen LogP contribution in [0, 0.1) is 6.92 Å². The van der Waals surface area contributed by atoms with Gasteiger partial charge in [-0.05, 0) is 52.7 Å². The van der Waals surface area contributed by atoms with E-state index in [2.05, 4.69) is 42.2 Å². The van der Waals surface area contributed by atoms with Gasteiger partial charge in [-0.2, -0.15) is 0 Å². The maximum atomic E-state index is 12.1. The molecule has 0 aliphatic heterocycles. The molecule has 0 fully saturated rings. The highest BCUT2D eigenvalue weighted by atomic mass is 79.9. The van der Waals surface area contributed by atoms with Crippen molar-refractivity contribution in [1.82, 2.24) is 4.98 Å². The number of pyridine rings is 1. The summed E-state index contributed by atoms with van der Waals surface area (Å²) >= 11 is 12.6. The van der Waals surface area contributed by atoms with Crippen LogP contribution in [-0.2, 0) is 0 Å². The van der Waals surface area contributed by atoms with E-state index in [9.17, 15) is 4.79 Å². The number of aromatic nitrogens is 1. The SMILES string of the molecule is Cc1cc(NC(=O)c2ccc(Br)cc2Cl)cnc1Br. The van der Waals surface area contributed by atoms with Crippen LogP contribution in [-0.4, -0.2) is 10.9 Å². The minimum absolute atomic E-state index is 0.263. The summed E-state index contributed by atoms with van der Waals surface area (Å²) in [5.74, 6) is -0.263. The highest BCUT2D eigenvalue weighted by Gasteiger charge is 2.11. The lowest BCUT2D eigenvalue weighted by atomic mass is 10.2. The summed E-state index contributed by atoms with van der Waals surface area (Å²) < 4.78 is 1.59. The van der Waals surface area contributed by atoms with Crippen molar-refractivity contribution in [3.05, 3.63) is 55.7 Å². The Morgan fingerprint density at radius 1 is 1.32 bits per heavy atom. The quantitative estimate of drug-likeness (QED) is 0.729. The van der Waals surface area contributed by atoms with E-state index in [1.54, 1.807) is 24.4 Å². The predicted octanol–water partition coefficient (Wildman–Crippen LogP) is 4.82. The third-order valence-electron chi connectivity index (χ3n) is 2.45. The van der Waals surface area contributed by atoms with Gasteiger partial charge >= 0.3 is 0 Å². The first-order valence-electron chi connectivity index (χ1n) is 5.36. The fourth-order valence-corrected chi connectivity index (χ4v) is 2.47. The van der Waals surface area contributed by atoms with Gasteiger partial charge in [-0.3, -0.25) is 4.79 Å². The first-order chi connectivity index (χ1) is 8.97. The Bertz CT molecular complexity index is 647. The molecule has 1 aromatic carbocycles. The number of carbonyl (C=O) groups excluding carboxylic acids is 1. The molecule has 0 saturated carbocycles. The molecule has 2 aromatic rings. The Balaban J connectivity index is 2.23. The molecule has 3 nitrogen and oxygen atoms in total. The Labute approximate surface area is 132 Å². The van der Waals surface area contributed by atoms with Crippen molar-refractivity contribution in [2.24, 2.45) is 0 Å². The van der Waals surface area contributed by atoms with Gasteiger partial charge in [-0.1, -0.05) is 27.5 Å². The number of halogens is 3. The van der Waals surface area contributed by atoms with E-state index in [1.807, 2.05) is 13.0 Å². The molecule has 1 amide bonds. The summed E-state index contributed by atoms with van der Waals surface area (Å²) in [6.45, 7) is 1.90. The number of hydrogen-bond donors (Lipinski definition) is 1. The minimum Gasteiger partial charge on any atom is -0.321 e. The average molecular weight is 404 g/mol. The van der Waals surface area contributed by atoms with Crippen LogP contribution >= 0.6 is 43.5 Å². The molecule has 6 heteroatoms. The number of aryl methyl sites for hydroxylation is 1. The molecule has 0 radical (unpaired) electrons. The molecule has 0 saturated heterocycles.